The lowest BCUT2D eigenvalue weighted by Crippen LogP contribution is -2.42. The maximum Gasteiger partial charge on any atom is 0.258 e. The van der Waals surface area contributed by atoms with Crippen LogP contribution in [0.3, 0.4) is 0 Å². The van der Waals surface area contributed by atoms with Crippen molar-refractivity contribution in [3.05, 3.63) is 107 Å². The van der Waals surface area contributed by atoms with Crippen molar-refractivity contribution in [2.45, 2.75) is 23.9 Å². The van der Waals surface area contributed by atoms with Gasteiger partial charge in [0.15, 0.2) is 5.60 Å². The number of benzene rings is 3. The summed E-state index contributed by atoms with van der Waals surface area (Å²) in [5.41, 5.74) is 7.11. The van der Waals surface area contributed by atoms with Crippen LogP contribution in [0.5, 0.6) is 0 Å². The molecule has 4 nitrogen and oxygen atoms in total. The van der Waals surface area contributed by atoms with Gasteiger partial charge < -0.3 is 16.2 Å². The lowest BCUT2D eigenvalue weighted by molar-refractivity contribution is -0.133. The van der Waals surface area contributed by atoms with Gasteiger partial charge in [0.1, 0.15) is 0 Å². The summed E-state index contributed by atoms with van der Waals surface area (Å²) in [5.74, 6) is -0.775. The largest absolute Gasteiger partial charge is 0.372 e. The van der Waals surface area contributed by atoms with Crippen LogP contribution in [0.1, 0.15) is 28.7 Å². The SMILES string of the molecule is NC(=O)C(O)(c1ccccc1)c1cccc(C2(Cc3ccccc3)CCNC2)c1. The molecule has 1 heterocycles. The van der Waals surface area contributed by atoms with E-state index in [0.29, 0.717) is 11.1 Å². The minimum Gasteiger partial charge on any atom is -0.372 e. The van der Waals surface area contributed by atoms with E-state index in [1.54, 1.807) is 30.3 Å². The fourth-order valence-electron chi connectivity index (χ4n) is 4.43. The lowest BCUT2D eigenvalue weighted by atomic mass is 9.73. The zero-order valence-electron chi connectivity index (χ0n) is 16.3. The average molecular weight is 386 g/mol. The van der Waals surface area contributed by atoms with Crippen molar-refractivity contribution in [2.24, 2.45) is 5.73 Å². The van der Waals surface area contributed by atoms with Crippen molar-refractivity contribution >= 4 is 5.91 Å². The predicted molar refractivity (Wildman–Crippen MR) is 114 cm³/mol. The molecule has 0 saturated carbocycles. The Hall–Kier alpha value is -2.95. The fraction of sp³-hybridized carbons (Fsp3) is 0.240. The Kier molecular flexibility index (Phi) is 5.22. The molecule has 0 aromatic heterocycles. The van der Waals surface area contributed by atoms with Crippen LogP contribution in [0, 0.1) is 0 Å². The van der Waals surface area contributed by atoms with E-state index in [2.05, 4.69) is 35.6 Å². The van der Waals surface area contributed by atoms with Crippen LogP contribution >= 0.6 is 0 Å². The van der Waals surface area contributed by atoms with Crippen LogP contribution in [-0.2, 0) is 22.2 Å². The number of hydrogen-bond acceptors (Lipinski definition) is 3. The second-order valence-electron chi connectivity index (χ2n) is 7.89. The molecule has 3 aromatic rings. The summed E-state index contributed by atoms with van der Waals surface area (Å²) in [4.78, 5) is 12.4. The van der Waals surface area contributed by atoms with Crippen molar-refractivity contribution in [1.29, 1.82) is 0 Å². The second-order valence-corrected chi connectivity index (χ2v) is 7.89. The molecule has 1 aliphatic rings. The number of rotatable bonds is 6. The van der Waals surface area contributed by atoms with E-state index < -0.39 is 11.5 Å². The molecule has 1 fully saturated rings. The summed E-state index contributed by atoms with van der Waals surface area (Å²) in [5, 5.41) is 14.9. The van der Waals surface area contributed by atoms with Gasteiger partial charge in [0.25, 0.3) is 5.91 Å². The van der Waals surface area contributed by atoms with Gasteiger partial charge in [-0.1, -0.05) is 84.9 Å². The first-order chi connectivity index (χ1) is 14.0. The summed E-state index contributed by atoms with van der Waals surface area (Å²) in [6, 6.07) is 27.1. The van der Waals surface area contributed by atoms with E-state index >= 15 is 0 Å². The molecule has 1 amide bonds. The molecule has 3 aromatic carbocycles. The first-order valence-electron chi connectivity index (χ1n) is 9.98. The van der Waals surface area contributed by atoms with Gasteiger partial charge in [-0.25, -0.2) is 0 Å². The van der Waals surface area contributed by atoms with E-state index in [9.17, 15) is 9.90 Å². The number of nitrogens with two attached hydrogens (primary N) is 1. The van der Waals surface area contributed by atoms with Gasteiger partial charge in [-0.05, 0) is 41.6 Å². The summed E-state index contributed by atoms with van der Waals surface area (Å²) < 4.78 is 0. The van der Waals surface area contributed by atoms with Crippen LogP contribution in [0.4, 0.5) is 0 Å². The molecule has 4 N–H and O–H groups in total. The van der Waals surface area contributed by atoms with Crippen LogP contribution in [0.25, 0.3) is 0 Å². The summed E-state index contributed by atoms with van der Waals surface area (Å²) >= 11 is 0. The molecule has 1 saturated heterocycles. The van der Waals surface area contributed by atoms with Crippen molar-refractivity contribution in [2.75, 3.05) is 13.1 Å². The summed E-state index contributed by atoms with van der Waals surface area (Å²) in [6.07, 6.45) is 1.89. The number of carbonyl (C=O) groups excluding carboxylic acids is 1. The maximum absolute atomic E-state index is 12.4. The minimum atomic E-state index is -1.86. The van der Waals surface area contributed by atoms with Crippen molar-refractivity contribution < 1.29 is 9.90 Å². The van der Waals surface area contributed by atoms with Crippen molar-refractivity contribution in [1.82, 2.24) is 5.32 Å². The molecule has 0 aliphatic carbocycles. The van der Waals surface area contributed by atoms with Gasteiger partial charge in [-0.2, -0.15) is 0 Å². The highest BCUT2D eigenvalue weighted by atomic mass is 16.3. The Balaban J connectivity index is 1.78. The van der Waals surface area contributed by atoms with Gasteiger partial charge in [0.05, 0.1) is 0 Å². The topological polar surface area (TPSA) is 75.4 Å². The second kappa shape index (κ2) is 7.82. The third kappa shape index (κ3) is 3.57. The lowest BCUT2D eigenvalue weighted by Gasteiger charge is -2.32. The number of carbonyl (C=O) groups is 1. The first kappa shape index (κ1) is 19.4. The van der Waals surface area contributed by atoms with E-state index in [0.717, 1.165) is 31.5 Å². The van der Waals surface area contributed by atoms with Gasteiger partial charge in [0, 0.05) is 12.0 Å². The molecule has 29 heavy (non-hydrogen) atoms. The van der Waals surface area contributed by atoms with Gasteiger partial charge in [0.2, 0.25) is 0 Å². The third-order valence-corrected chi connectivity index (χ3v) is 6.07. The quantitative estimate of drug-likeness (QED) is 0.610. The number of nitrogens with one attached hydrogen (secondary N) is 1. The summed E-state index contributed by atoms with van der Waals surface area (Å²) in [7, 11) is 0. The van der Waals surface area contributed by atoms with Crippen LogP contribution < -0.4 is 11.1 Å². The number of amides is 1. The molecule has 4 rings (SSSR count). The molecule has 0 radical (unpaired) electrons. The number of aliphatic hydroxyl groups is 1. The van der Waals surface area contributed by atoms with Gasteiger partial charge in [-0.3, -0.25) is 4.79 Å². The number of primary amides is 1. The molecule has 148 valence electrons. The minimum absolute atomic E-state index is 0.0907. The van der Waals surface area contributed by atoms with Gasteiger partial charge >= 0.3 is 0 Å². The molecule has 4 heteroatoms. The van der Waals surface area contributed by atoms with Gasteiger partial charge in [-0.15, -0.1) is 0 Å². The van der Waals surface area contributed by atoms with E-state index in [-0.39, 0.29) is 5.41 Å². The van der Waals surface area contributed by atoms with Crippen LogP contribution in [-0.4, -0.2) is 24.1 Å². The Bertz CT molecular complexity index is 982. The van der Waals surface area contributed by atoms with Crippen LogP contribution in [0.2, 0.25) is 0 Å². The van der Waals surface area contributed by atoms with E-state index in [1.165, 1.54) is 5.56 Å². The monoisotopic (exact) mass is 386 g/mol. The molecular weight excluding hydrogens is 360 g/mol. The fourth-order valence-corrected chi connectivity index (χ4v) is 4.43. The molecule has 1 aliphatic heterocycles. The predicted octanol–water partition coefficient (Wildman–Crippen LogP) is 2.88. The maximum atomic E-state index is 12.4. The first-order valence-corrected chi connectivity index (χ1v) is 9.98. The Labute approximate surface area is 171 Å². The molecular formula is C25H26N2O2. The summed E-state index contributed by atoms with van der Waals surface area (Å²) in [6.45, 7) is 1.79. The van der Waals surface area contributed by atoms with Crippen molar-refractivity contribution in [3.63, 3.8) is 0 Å². The van der Waals surface area contributed by atoms with Crippen LogP contribution in [0.15, 0.2) is 84.9 Å². The smallest absolute Gasteiger partial charge is 0.258 e. The molecule has 0 bridgehead atoms. The number of hydrogen-bond donors (Lipinski definition) is 3. The molecule has 0 spiro atoms. The zero-order valence-corrected chi connectivity index (χ0v) is 16.3. The van der Waals surface area contributed by atoms with E-state index in [1.807, 2.05) is 24.3 Å². The Morgan fingerprint density at radius 3 is 2.24 bits per heavy atom. The Morgan fingerprint density at radius 2 is 1.62 bits per heavy atom. The Morgan fingerprint density at radius 1 is 0.966 bits per heavy atom. The third-order valence-electron chi connectivity index (χ3n) is 6.07. The highest BCUT2D eigenvalue weighted by molar-refractivity contribution is 5.88. The highest BCUT2D eigenvalue weighted by Gasteiger charge is 2.41. The molecule has 2 unspecified atom stereocenters. The standard InChI is InChI=1S/C25H26N2O2/c26-23(28)25(29,20-10-5-2-6-11-20)22-13-7-12-21(16-22)24(14-15-27-18-24)17-19-8-3-1-4-9-19/h1-13,16,27,29H,14-15,17-18H2,(H2,26,28). The van der Waals surface area contributed by atoms with E-state index in [4.69, 9.17) is 5.73 Å². The molecule has 2 atom stereocenters. The zero-order chi connectivity index (χ0) is 20.3. The van der Waals surface area contributed by atoms with Crippen molar-refractivity contribution in [3.8, 4) is 0 Å². The normalized spacial score (nSPS) is 20.9. The average Bonchev–Trinajstić information content (AvgIpc) is 3.24. The highest BCUT2D eigenvalue weighted by Crippen LogP contribution is 2.37.